The summed E-state index contributed by atoms with van der Waals surface area (Å²) in [6.45, 7) is 3.05. The molecule has 1 heterocycles. The fraction of sp³-hybridized carbons (Fsp3) is 1.00. The van der Waals surface area contributed by atoms with Gasteiger partial charge in [0.25, 0.3) is 7.59 Å². The second kappa shape index (κ2) is 3.70. The predicted octanol–water partition coefficient (Wildman–Crippen LogP) is 1.31. The molecule has 2 atom stereocenters. The average Bonchev–Trinajstić information content (AvgIpc) is 2.08. The van der Waals surface area contributed by atoms with E-state index in [9.17, 15) is 4.57 Å². The Morgan fingerprint density at radius 3 is 2.31 bits per heavy atom. The molecule has 5 heteroatoms. The van der Waals surface area contributed by atoms with Crippen LogP contribution in [0.25, 0.3) is 0 Å². The standard InChI is InChI=1S/C8H20N3OP/c1-8-6-7-10(4)13(12,9(2)3)11(8)5/h8H,6-7H2,1-5H3. The first-order valence-corrected chi connectivity index (χ1v) is 6.20. The van der Waals surface area contributed by atoms with Crippen LogP contribution in [-0.2, 0) is 4.57 Å². The Morgan fingerprint density at radius 1 is 1.38 bits per heavy atom. The fourth-order valence-corrected chi connectivity index (χ4v) is 4.44. The first-order valence-electron chi connectivity index (χ1n) is 4.63. The van der Waals surface area contributed by atoms with Crippen molar-refractivity contribution in [1.82, 2.24) is 14.0 Å². The molecule has 0 aliphatic carbocycles. The molecule has 0 saturated carbocycles. The highest BCUT2D eigenvalue weighted by Crippen LogP contribution is 2.56. The fourth-order valence-electron chi connectivity index (χ4n) is 1.78. The first kappa shape index (κ1) is 11.2. The van der Waals surface area contributed by atoms with E-state index in [1.54, 1.807) is 0 Å². The Kier molecular flexibility index (Phi) is 3.18. The first-order chi connectivity index (χ1) is 5.90. The summed E-state index contributed by atoms with van der Waals surface area (Å²) in [6.07, 6.45) is 1.09. The van der Waals surface area contributed by atoms with Crippen LogP contribution < -0.4 is 0 Å². The maximum atomic E-state index is 12.6. The van der Waals surface area contributed by atoms with E-state index in [2.05, 4.69) is 6.92 Å². The number of rotatable bonds is 1. The topological polar surface area (TPSA) is 26.8 Å². The van der Waals surface area contributed by atoms with E-state index in [0.717, 1.165) is 13.0 Å². The van der Waals surface area contributed by atoms with Gasteiger partial charge in [-0.25, -0.2) is 14.0 Å². The van der Waals surface area contributed by atoms with Gasteiger partial charge in [-0.1, -0.05) is 0 Å². The Balaban J connectivity index is 2.96. The van der Waals surface area contributed by atoms with Crippen molar-refractivity contribution in [3.8, 4) is 0 Å². The SMILES string of the molecule is CC1CCN(C)P(=O)(N(C)C)N1C. The van der Waals surface area contributed by atoms with Crippen LogP contribution in [0.3, 0.4) is 0 Å². The van der Waals surface area contributed by atoms with Crippen LogP contribution in [0.4, 0.5) is 0 Å². The zero-order valence-corrected chi connectivity index (χ0v) is 10.1. The monoisotopic (exact) mass is 205 g/mol. The van der Waals surface area contributed by atoms with Crippen LogP contribution in [-0.4, -0.2) is 54.8 Å². The molecule has 78 valence electrons. The van der Waals surface area contributed by atoms with Crippen LogP contribution in [0, 0.1) is 0 Å². The highest BCUT2D eigenvalue weighted by atomic mass is 31.2. The van der Waals surface area contributed by atoms with Crippen molar-refractivity contribution in [2.45, 2.75) is 19.4 Å². The highest BCUT2D eigenvalue weighted by molar-refractivity contribution is 7.56. The molecule has 0 spiro atoms. The van der Waals surface area contributed by atoms with Crippen LogP contribution in [0.2, 0.25) is 0 Å². The normalized spacial score (nSPS) is 38.5. The summed E-state index contributed by atoms with van der Waals surface area (Å²) in [4.78, 5) is 0. The second-order valence-corrected chi connectivity index (χ2v) is 7.09. The van der Waals surface area contributed by atoms with E-state index in [-0.39, 0.29) is 0 Å². The molecule has 2 unspecified atom stereocenters. The maximum absolute atomic E-state index is 12.6. The lowest BCUT2D eigenvalue weighted by Gasteiger charge is -2.45. The van der Waals surface area contributed by atoms with E-state index in [1.165, 1.54) is 0 Å². The van der Waals surface area contributed by atoms with E-state index in [0.29, 0.717) is 6.04 Å². The summed E-state index contributed by atoms with van der Waals surface area (Å²) in [5, 5.41) is 0. The molecule has 1 fully saturated rings. The molecule has 0 bridgehead atoms. The largest absolute Gasteiger partial charge is 0.286 e. The molecule has 1 rings (SSSR count). The van der Waals surface area contributed by atoms with Crippen LogP contribution in [0.1, 0.15) is 13.3 Å². The van der Waals surface area contributed by atoms with Crippen molar-refractivity contribution >= 4 is 7.59 Å². The minimum Gasteiger partial charge on any atom is -0.270 e. The summed E-state index contributed by atoms with van der Waals surface area (Å²) < 4.78 is 18.4. The van der Waals surface area contributed by atoms with Gasteiger partial charge in [-0.05, 0) is 41.5 Å². The van der Waals surface area contributed by atoms with Crippen LogP contribution in [0.15, 0.2) is 0 Å². The number of hydrogen-bond acceptors (Lipinski definition) is 1. The third-order valence-corrected chi connectivity index (χ3v) is 6.23. The molecule has 0 aromatic carbocycles. The molecule has 1 aliphatic heterocycles. The zero-order valence-electron chi connectivity index (χ0n) is 9.19. The van der Waals surface area contributed by atoms with Crippen molar-refractivity contribution in [2.75, 3.05) is 34.7 Å². The average molecular weight is 205 g/mol. The van der Waals surface area contributed by atoms with Crippen LogP contribution in [0.5, 0.6) is 0 Å². The Bertz CT molecular complexity index is 231. The van der Waals surface area contributed by atoms with Crippen molar-refractivity contribution < 1.29 is 4.57 Å². The number of nitrogens with zero attached hydrogens (tertiary/aromatic N) is 3. The molecule has 0 N–H and O–H groups in total. The van der Waals surface area contributed by atoms with Gasteiger partial charge >= 0.3 is 0 Å². The van der Waals surface area contributed by atoms with E-state index in [4.69, 9.17) is 0 Å². The lowest BCUT2D eigenvalue weighted by Crippen LogP contribution is -2.44. The van der Waals surface area contributed by atoms with Gasteiger partial charge in [-0.15, -0.1) is 0 Å². The Labute approximate surface area is 81.0 Å². The lowest BCUT2D eigenvalue weighted by molar-refractivity contribution is 0.242. The summed E-state index contributed by atoms with van der Waals surface area (Å²) in [7, 11) is 5.22. The molecule has 0 aromatic rings. The molecule has 4 nitrogen and oxygen atoms in total. The van der Waals surface area contributed by atoms with Gasteiger partial charge < -0.3 is 0 Å². The van der Waals surface area contributed by atoms with Gasteiger partial charge in [0, 0.05) is 12.6 Å². The minimum atomic E-state index is -2.42. The zero-order chi connectivity index (χ0) is 10.2. The van der Waals surface area contributed by atoms with Crippen molar-refractivity contribution in [1.29, 1.82) is 0 Å². The summed E-state index contributed by atoms with van der Waals surface area (Å²) >= 11 is 0. The van der Waals surface area contributed by atoms with Gasteiger partial charge in [0.1, 0.15) is 0 Å². The van der Waals surface area contributed by atoms with Gasteiger partial charge in [0.05, 0.1) is 0 Å². The van der Waals surface area contributed by atoms with Gasteiger partial charge in [0.2, 0.25) is 0 Å². The number of hydrogen-bond donors (Lipinski definition) is 0. The molecule has 0 radical (unpaired) electrons. The van der Waals surface area contributed by atoms with Crippen LogP contribution >= 0.6 is 7.59 Å². The predicted molar refractivity (Wildman–Crippen MR) is 55.8 cm³/mol. The van der Waals surface area contributed by atoms with Crippen molar-refractivity contribution in [3.05, 3.63) is 0 Å². The Morgan fingerprint density at radius 2 is 1.92 bits per heavy atom. The summed E-state index contributed by atoms with van der Waals surface area (Å²) in [5.41, 5.74) is 0. The summed E-state index contributed by atoms with van der Waals surface area (Å²) in [5.74, 6) is 0. The van der Waals surface area contributed by atoms with Gasteiger partial charge in [-0.3, -0.25) is 4.57 Å². The molecule has 1 aliphatic rings. The molecule has 1 saturated heterocycles. The minimum absolute atomic E-state index is 0.407. The third kappa shape index (κ3) is 1.68. The molecular weight excluding hydrogens is 185 g/mol. The quantitative estimate of drug-likeness (QED) is 0.603. The van der Waals surface area contributed by atoms with E-state index < -0.39 is 7.59 Å². The second-order valence-electron chi connectivity index (χ2n) is 3.95. The van der Waals surface area contributed by atoms with Crippen molar-refractivity contribution in [2.24, 2.45) is 0 Å². The maximum Gasteiger partial charge on any atom is 0.286 e. The van der Waals surface area contributed by atoms with Gasteiger partial charge in [-0.2, -0.15) is 0 Å². The Hall–Kier alpha value is 0.110. The summed E-state index contributed by atoms with van der Waals surface area (Å²) in [6, 6.07) is 0.407. The molecule has 0 amide bonds. The van der Waals surface area contributed by atoms with Gasteiger partial charge in [0.15, 0.2) is 0 Å². The van der Waals surface area contributed by atoms with Crippen molar-refractivity contribution in [3.63, 3.8) is 0 Å². The van der Waals surface area contributed by atoms with E-state index in [1.807, 2.05) is 42.2 Å². The third-order valence-electron chi connectivity index (χ3n) is 2.89. The molecule has 13 heavy (non-hydrogen) atoms. The highest BCUT2D eigenvalue weighted by Gasteiger charge is 2.40. The lowest BCUT2D eigenvalue weighted by atomic mass is 10.2. The van der Waals surface area contributed by atoms with E-state index >= 15 is 0 Å². The molecule has 0 aromatic heterocycles. The molecular formula is C8H20N3OP. The smallest absolute Gasteiger partial charge is 0.270 e.